The number of ether oxygens (including phenoxy) is 2. The number of hydrogen-bond acceptors (Lipinski definition) is 3. The van der Waals surface area contributed by atoms with Gasteiger partial charge in [-0.15, -0.1) is 0 Å². The summed E-state index contributed by atoms with van der Waals surface area (Å²) in [6.07, 6.45) is 5.02. The zero-order valence-electron chi connectivity index (χ0n) is 10.4. The molecule has 3 heteroatoms. The van der Waals surface area contributed by atoms with Gasteiger partial charge in [-0.3, -0.25) is 4.79 Å². The van der Waals surface area contributed by atoms with Gasteiger partial charge in [-0.25, -0.2) is 0 Å². The molecular weight excluding hydrogens is 228 g/mol. The van der Waals surface area contributed by atoms with Crippen LogP contribution in [0.5, 0.6) is 5.75 Å². The van der Waals surface area contributed by atoms with E-state index in [1.165, 1.54) is 0 Å². The van der Waals surface area contributed by atoms with Gasteiger partial charge in [0.05, 0.1) is 13.2 Å². The number of carbonyl (C=O) groups is 1. The van der Waals surface area contributed by atoms with Crippen molar-refractivity contribution in [2.24, 2.45) is 0 Å². The van der Waals surface area contributed by atoms with E-state index in [4.69, 9.17) is 9.47 Å². The third-order valence-electron chi connectivity index (χ3n) is 3.97. The van der Waals surface area contributed by atoms with Crippen LogP contribution in [0.25, 0.3) is 0 Å². The van der Waals surface area contributed by atoms with Gasteiger partial charge in [0.2, 0.25) is 0 Å². The van der Waals surface area contributed by atoms with Crippen molar-refractivity contribution in [3.05, 3.63) is 42.0 Å². The molecule has 1 aromatic rings. The second-order valence-corrected chi connectivity index (χ2v) is 4.85. The Kier molecular flexibility index (Phi) is 2.71. The van der Waals surface area contributed by atoms with Crippen LogP contribution >= 0.6 is 0 Å². The highest BCUT2D eigenvalue weighted by Crippen LogP contribution is 2.46. The van der Waals surface area contributed by atoms with E-state index >= 15 is 0 Å². The highest BCUT2D eigenvalue weighted by molar-refractivity contribution is 5.92. The molecule has 1 heterocycles. The van der Waals surface area contributed by atoms with Crippen molar-refractivity contribution in [2.45, 2.75) is 24.4 Å². The number of allylic oxidation sites excluding steroid dienone is 1. The maximum absolute atomic E-state index is 11.5. The highest BCUT2D eigenvalue weighted by atomic mass is 16.5. The van der Waals surface area contributed by atoms with Gasteiger partial charge in [-0.1, -0.05) is 24.3 Å². The number of carbonyl (C=O) groups excluding carboxylic acids is 1. The Bertz CT molecular complexity index is 506. The second kappa shape index (κ2) is 4.25. The summed E-state index contributed by atoms with van der Waals surface area (Å²) in [5.41, 5.74) is 0.930. The molecule has 0 bridgehead atoms. The molecular formula is C15H16O3. The second-order valence-electron chi connectivity index (χ2n) is 4.85. The summed E-state index contributed by atoms with van der Waals surface area (Å²) in [7, 11) is 1.68. The van der Waals surface area contributed by atoms with E-state index in [-0.39, 0.29) is 17.3 Å². The van der Waals surface area contributed by atoms with E-state index in [2.05, 4.69) is 6.07 Å². The lowest BCUT2D eigenvalue weighted by Crippen LogP contribution is -2.38. The minimum atomic E-state index is -0.194. The number of benzene rings is 1. The van der Waals surface area contributed by atoms with Crippen LogP contribution in [0.2, 0.25) is 0 Å². The smallest absolute Gasteiger partial charge is 0.158 e. The van der Waals surface area contributed by atoms with Crippen LogP contribution in [-0.2, 0) is 14.9 Å². The van der Waals surface area contributed by atoms with Crippen LogP contribution < -0.4 is 4.74 Å². The molecule has 1 aliphatic carbocycles. The predicted molar refractivity (Wildman–Crippen MR) is 67.8 cm³/mol. The molecule has 1 saturated heterocycles. The Balaban J connectivity index is 2.13. The molecule has 94 valence electrons. The monoisotopic (exact) mass is 244 g/mol. The summed E-state index contributed by atoms with van der Waals surface area (Å²) in [5.74, 6) is 1.01. The zero-order valence-corrected chi connectivity index (χ0v) is 10.4. The summed E-state index contributed by atoms with van der Waals surface area (Å²) < 4.78 is 11.2. The molecule has 0 aromatic heterocycles. The summed E-state index contributed by atoms with van der Waals surface area (Å²) in [6, 6.07) is 8.00. The van der Waals surface area contributed by atoms with E-state index in [1.807, 2.05) is 24.3 Å². The summed E-state index contributed by atoms with van der Waals surface area (Å²) in [4.78, 5) is 11.5. The average molecular weight is 244 g/mol. The van der Waals surface area contributed by atoms with Gasteiger partial charge in [0.1, 0.15) is 5.75 Å². The quantitative estimate of drug-likeness (QED) is 0.800. The molecule has 1 aromatic carbocycles. The molecule has 3 rings (SSSR count). The molecule has 2 atom stereocenters. The molecule has 2 aliphatic rings. The molecule has 0 amide bonds. The molecule has 1 aliphatic heterocycles. The average Bonchev–Trinajstić information content (AvgIpc) is 2.82. The van der Waals surface area contributed by atoms with Crippen molar-refractivity contribution in [1.29, 1.82) is 0 Å². The molecule has 1 fully saturated rings. The molecule has 3 nitrogen and oxygen atoms in total. The molecule has 0 spiro atoms. The Labute approximate surface area is 106 Å². The highest BCUT2D eigenvalue weighted by Gasteiger charge is 2.47. The number of rotatable bonds is 2. The van der Waals surface area contributed by atoms with Gasteiger partial charge in [0.15, 0.2) is 5.78 Å². The number of ketones is 1. The third kappa shape index (κ3) is 1.58. The van der Waals surface area contributed by atoms with Crippen LogP contribution in [0.1, 0.15) is 18.4 Å². The van der Waals surface area contributed by atoms with Crippen LogP contribution in [0, 0.1) is 0 Å². The lowest BCUT2D eigenvalue weighted by atomic mass is 9.70. The first-order valence-electron chi connectivity index (χ1n) is 6.23. The van der Waals surface area contributed by atoms with Gasteiger partial charge in [-0.05, 0) is 18.6 Å². The largest absolute Gasteiger partial charge is 0.496 e. The lowest BCUT2D eigenvalue weighted by Gasteiger charge is -2.34. The van der Waals surface area contributed by atoms with E-state index in [0.29, 0.717) is 13.0 Å². The van der Waals surface area contributed by atoms with Crippen molar-refractivity contribution < 1.29 is 14.3 Å². The van der Waals surface area contributed by atoms with Crippen LogP contribution in [0.3, 0.4) is 0 Å². The fraction of sp³-hybridized carbons (Fsp3) is 0.400. The molecule has 0 unspecified atom stereocenters. The minimum Gasteiger partial charge on any atom is -0.496 e. The van der Waals surface area contributed by atoms with Crippen molar-refractivity contribution >= 4 is 5.78 Å². The van der Waals surface area contributed by atoms with Crippen LogP contribution in [-0.4, -0.2) is 25.6 Å². The number of methoxy groups -OCH3 is 1. The predicted octanol–water partition coefficient (Wildman–Crippen LogP) is 2.25. The lowest BCUT2D eigenvalue weighted by molar-refractivity contribution is -0.117. The summed E-state index contributed by atoms with van der Waals surface area (Å²) in [5, 5.41) is 0. The SMILES string of the molecule is COc1ccccc1[C@@]12C=CC(=O)C[C@@H]1OCC2. The Morgan fingerprint density at radius 2 is 2.22 bits per heavy atom. The van der Waals surface area contributed by atoms with Gasteiger partial charge in [0, 0.05) is 24.0 Å². The van der Waals surface area contributed by atoms with Crippen LogP contribution in [0.15, 0.2) is 36.4 Å². The first-order valence-corrected chi connectivity index (χ1v) is 6.23. The molecule has 0 saturated carbocycles. The number of fused-ring (bicyclic) bond motifs is 1. The first-order chi connectivity index (χ1) is 8.76. The normalized spacial score (nSPS) is 30.3. The fourth-order valence-corrected chi connectivity index (χ4v) is 3.03. The van der Waals surface area contributed by atoms with Gasteiger partial charge in [0.25, 0.3) is 0 Å². The van der Waals surface area contributed by atoms with Crippen molar-refractivity contribution in [3.63, 3.8) is 0 Å². The van der Waals surface area contributed by atoms with Gasteiger partial charge in [-0.2, -0.15) is 0 Å². The van der Waals surface area contributed by atoms with E-state index < -0.39 is 0 Å². The first kappa shape index (κ1) is 11.5. The topological polar surface area (TPSA) is 35.5 Å². The third-order valence-corrected chi connectivity index (χ3v) is 3.97. The molecule has 0 radical (unpaired) electrons. The van der Waals surface area contributed by atoms with Gasteiger partial charge < -0.3 is 9.47 Å². The van der Waals surface area contributed by atoms with Crippen LogP contribution in [0.4, 0.5) is 0 Å². The fourth-order valence-electron chi connectivity index (χ4n) is 3.03. The molecule has 0 N–H and O–H groups in total. The summed E-state index contributed by atoms with van der Waals surface area (Å²) in [6.45, 7) is 0.695. The van der Waals surface area contributed by atoms with Crippen molar-refractivity contribution in [1.82, 2.24) is 0 Å². The number of para-hydroxylation sites is 1. The zero-order chi connectivity index (χ0) is 12.6. The maximum Gasteiger partial charge on any atom is 0.158 e. The van der Waals surface area contributed by atoms with Crippen molar-refractivity contribution in [2.75, 3.05) is 13.7 Å². The number of hydrogen-bond donors (Lipinski definition) is 0. The minimum absolute atomic E-state index is 0.0497. The van der Waals surface area contributed by atoms with Crippen molar-refractivity contribution in [3.8, 4) is 5.75 Å². The van der Waals surface area contributed by atoms with E-state index in [0.717, 1.165) is 17.7 Å². The van der Waals surface area contributed by atoms with Gasteiger partial charge >= 0.3 is 0 Å². The standard InChI is InChI=1S/C15H16O3/c1-17-13-5-3-2-4-12(13)15-7-6-11(16)10-14(15)18-9-8-15/h2-7,14H,8-10H2,1H3/t14-,15-/m0/s1. The maximum atomic E-state index is 11.5. The van der Waals surface area contributed by atoms with E-state index in [9.17, 15) is 4.79 Å². The molecule has 18 heavy (non-hydrogen) atoms. The van der Waals surface area contributed by atoms with E-state index in [1.54, 1.807) is 13.2 Å². The summed E-state index contributed by atoms with van der Waals surface area (Å²) >= 11 is 0. The Hall–Kier alpha value is -1.61. The Morgan fingerprint density at radius 1 is 1.39 bits per heavy atom. The Morgan fingerprint density at radius 3 is 3.06 bits per heavy atom.